The van der Waals surface area contributed by atoms with Crippen molar-refractivity contribution < 1.29 is 33.3 Å². The molecule has 39 heavy (non-hydrogen) atoms. The Balaban J connectivity index is 3.02. The molecule has 0 saturated carbocycles. The Hall–Kier alpha value is -3.87. The second-order valence-corrected chi connectivity index (χ2v) is 11.8. The zero-order valence-electron chi connectivity index (χ0n) is 24.7. The van der Waals surface area contributed by atoms with Crippen LogP contribution in [0.5, 0.6) is 23.0 Å². The largest absolute Gasteiger partial charge is 0.496 e. The molecule has 0 fully saturated rings. The average Bonchev–Trinajstić information content (AvgIpc) is 2.86. The summed E-state index contributed by atoms with van der Waals surface area (Å²) in [4.78, 5) is 39.2. The van der Waals surface area contributed by atoms with Crippen LogP contribution in [0, 0.1) is 10.8 Å². The fourth-order valence-corrected chi connectivity index (χ4v) is 3.47. The first-order valence-electron chi connectivity index (χ1n) is 12.7. The number of rotatable bonds is 9. The van der Waals surface area contributed by atoms with Crippen LogP contribution < -0.4 is 18.9 Å². The van der Waals surface area contributed by atoms with Crippen molar-refractivity contribution >= 4 is 23.8 Å². The molecular formula is C32H40O7. The van der Waals surface area contributed by atoms with Crippen LogP contribution in [-0.4, -0.2) is 31.9 Å². The first kappa shape index (κ1) is 31.3. The van der Waals surface area contributed by atoms with Gasteiger partial charge in [-0.1, -0.05) is 50.3 Å². The second-order valence-electron chi connectivity index (χ2n) is 11.8. The summed E-state index contributed by atoms with van der Waals surface area (Å²) in [5, 5.41) is 0. The lowest BCUT2D eigenvalue weighted by molar-refractivity contribution is -0.145. The Labute approximate surface area is 231 Å². The van der Waals surface area contributed by atoms with Crippen LogP contribution in [0.15, 0.2) is 49.1 Å². The molecule has 7 heteroatoms. The Kier molecular flexibility index (Phi) is 9.56. The van der Waals surface area contributed by atoms with Crippen LogP contribution in [0.25, 0.3) is 6.08 Å². The lowest BCUT2D eigenvalue weighted by atomic mass is 9.81. The molecule has 210 valence electrons. The van der Waals surface area contributed by atoms with E-state index in [1.807, 2.05) is 19.9 Å². The lowest BCUT2D eigenvalue weighted by Crippen LogP contribution is -2.30. The van der Waals surface area contributed by atoms with Crippen molar-refractivity contribution in [2.75, 3.05) is 14.2 Å². The van der Waals surface area contributed by atoms with Crippen LogP contribution in [-0.2, 0) is 15.0 Å². The van der Waals surface area contributed by atoms with Crippen molar-refractivity contribution in [3.63, 3.8) is 0 Å². The molecule has 0 spiro atoms. The van der Waals surface area contributed by atoms with Gasteiger partial charge >= 0.3 is 11.9 Å². The molecule has 0 bridgehead atoms. The lowest BCUT2D eigenvalue weighted by Gasteiger charge is -2.31. The summed E-state index contributed by atoms with van der Waals surface area (Å²) in [7, 11) is 2.86. The van der Waals surface area contributed by atoms with Gasteiger partial charge in [-0.3, -0.25) is 14.4 Å². The van der Waals surface area contributed by atoms with Crippen molar-refractivity contribution in [2.45, 2.75) is 60.8 Å². The maximum absolute atomic E-state index is 13.2. The van der Waals surface area contributed by atoms with Crippen LogP contribution in [0.2, 0.25) is 0 Å². The number of benzene rings is 2. The highest BCUT2D eigenvalue weighted by Gasteiger charge is 2.39. The number of ketones is 1. The van der Waals surface area contributed by atoms with Gasteiger partial charge < -0.3 is 18.9 Å². The van der Waals surface area contributed by atoms with E-state index in [9.17, 15) is 14.4 Å². The monoisotopic (exact) mass is 536 g/mol. The summed E-state index contributed by atoms with van der Waals surface area (Å²) in [5.74, 6) is -1.13. The highest BCUT2D eigenvalue weighted by atomic mass is 16.6. The standard InChI is InChI=1S/C32H40O7/c1-12-32(8,9)23-24(36-10)21(18-19-22(33)20-16-14-13-15-17-20)25(37-11)27(39-29(35)31(5,6)7)26(23)38-28(34)30(2,3)4/h12-19H,1H2,2-11H3. The number of carbonyl (C=O) groups excluding carboxylic acids is 3. The summed E-state index contributed by atoms with van der Waals surface area (Å²) in [5.41, 5.74) is -1.36. The van der Waals surface area contributed by atoms with E-state index in [1.54, 1.807) is 78.0 Å². The number of allylic oxidation sites excluding steroid dienone is 2. The van der Waals surface area contributed by atoms with Crippen LogP contribution in [0.3, 0.4) is 0 Å². The molecule has 2 aromatic rings. The van der Waals surface area contributed by atoms with E-state index in [1.165, 1.54) is 20.3 Å². The van der Waals surface area contributed by atoms with Gasteiger partial charge in [-0.15, -0.1) is 6.58 Å². The molecule has 0 amide bonds. The summed E-state index contributed by atoms with van der Waals surface area (Å²) in [6, 6.07) is 8.78. The van der Waals surface area contributed by atoms with E-state index >= 15 is 0 Å². The fourth-order valence-electron chi connectivity index (χ4n) is 3.47. The Bertz CT molecular complexity index is 1270. The topological polar surface area (TPSA) is 88.1 Å². The third-order valence-corrected chi connectivity index (χ3v) is 5.99. The Morgan fingerprint density at radius 2 is 1.21 bits per heavy atom. The number of methoxy groups -OCH3 is 2. The van der Waals surface area contributed by atoms with Gasteiger partial charge in [-0.2, -0.15) is 0 Å². The highest BCUT2D eigenvalue weighted by Crippen LogP contribution is 2.54. The molecule has 0 unspecified atom stereocenters. The normalized spacial score (nSPS) is 12.2. The Morgan fingerprint density at radius 1 is 0.718 bits per heavy atom. The highest BCUT2D eigenvalue weighted by molar-refractivity contribution is 6.07. The van der Waals surface area contributed by atoms with E-state index in [2.05, 4.69) is 6.58 Å². The fraction of sp³-hybridized carbons (Fsp3) is 0.406. The van der Waals surface area contributed by atoms with Gasteiger partial charge in [0.1, 0.15) is 5.75 Å². The van der Waals surface area contributed by atoms with Gasteiger partial charge in [-0.05, 0) is 53.7 Å². The molecule has 7 nitrogen and oxygen atoms in total. The number of carbonyl (C=O) groups is 3. The molecule has 0 radical (unpaired) electrons. The predicted octanol–water partition coefficient (Wildman–Crippen LogP) is 6.97. The van der Waals surface area contributed by atoms with E-state index in [-0.39, 0.29) is 28.8 Å². The first-order valence-corrected chi connectivity index (χ1v) is 12.7. The zero-order valence-corrected chi connectivity index (χ0v) is 24.7. The minimum absolute atomic E-state index is 0.0161. The van der Waals surface area contributed by atoms with Crippen molar-refractivity contribution in [3.8, 4) is 23.0 Å². The zero-order chi connectivity index (χ0) is 29.8. The van der Waals surface area contributed by atoms with Crippen molar-refractivity contribution in [3.05, 3.63) is 65.8 Å². The van der Waals surface area contributed by atoms with Gasteiger partial charge in [0.25, 0.3) is 0 Å². The molecule has 0 saturated heterocycles. The summed E-state index contributed by atoms with van der Waals surface area (Å²) < 4.78 is 23.5. The SMILES string of the molecule is C=CC(C)(C)c1c(OC)c(C=CC(=O)c2ccccc2)c(OC)c(OC(=O)C(C)(C)C)c1OC(=O)C(C)(C)C. The van der Waals surface area contributed by atoms with Gasteiger partial charge in [0.05, 0.1) is 36.2 Å². The minimum Gasteiger partial charge on any atom is -0.496 e. The molecule has 0 aliphatic carbocycles. The van der Waals surface area contributed by atoms with Crippen molar-refractivity contribution in [1.29, 1.82) is 0 Å². The summed E-state index contributed by atoms with van der Waals surface area (Å²) in [6.07, 6.45) is 4.60. The molecule has 0 aromatic heterocycles. The maximum atomic E-state index is 13.2. The molecule has 0 atom stereocenters. The van der Waals surface area contributed by atoms with Crippen LogP contribution >= 0.6 is 0 Å². The molecule has 2 rings (SSSR count). The number of hydrogen-bond acceptors (Lipinski definition) is 7. The third kappa shape index (κ3) is 7.16. The number of hydrogen-bond donors (Lipinski definition) is 0. The van der Waals surface area contributed by atoms with Gasteiger partial charge in [0.2, 0.25) is 5.75 Å². The predicted molar refractivity (Wildman–Crippen MR) is 153 cm³/mol. The molecule has 0 heterocycles. The third-order valence-electron chi connectivity index (χ3n) is 5.99. The first-order chi connectivity index (χ1) is 18.0. The molecular weight excluding hydrogens is 496 g/mol. The average molecular weight is 537 g/mol. The molecule has 0 aliphatic heterocycles. The van der Waals surface area contributed by atoms with Crippen molar-refractivity contribution in [1.82, 2.24) is 0 Å². The van der Waals surface area contributed by atoms with E-state index in [0.29, 0.717) is 16.7 Å². The number of esters is 2. The quantitative estimate of drug-likeness (QED) is 0.112. The molecule has 2 aromatic carbocycles. The van der Waals surface area contributed by atoms with Gasteiger partial charge in [0, 0.05) is 11.0 Å². The molecule has 0 N–H and O–H groups in total. The maximum Gasteiger partial charge on any atom is 0.316 e. The van der Waals surface area contributed by atoms with Crippen LogP contribution in [0.1, 0.15) is 76.9 Å². The Morgan fingerprint density at radius 3 is 1.64 bits per heavy atom. The van der Waals surface area contributed by atoms with Gasteiger partial charge in [0.15, 0.2) is 17.3 Å². The van der Waals surface area contributed by atoms with Crippen LogP contribution in [0.4, 0.5) is 0 Å². The van der Waals surface area contributed by atoms with E-state index in [4.69, 9.17) is 18.9 Å². The van der Waals surface area contributed by atoms with E-state index in [0.717, 1.165) is 0 Å². The number of ether oxygens (including phenoxy) is 4. The van der Waals surface area contributed by atoms with Crippen molar-refractivity contribution in [2.24, 2.45) is 10.8 Å². The smallest absolute Gasteiger partial charge is 0.316 e. The second kappa shape index (κ2) is 11.9. The molecule has 0 aliphatic rings. The van der Waals surface area contributed by atoms with E-state index < -0.39 is 28.2 Å². The minimum atomic E-state index is -0.885. The summed E-state index contributed by atoms with van der Waals surface area (Å²) in [6.45, 7) is 18.0. The summed E-state index contributed by atoms with van der Waals surface area (Å²) >= 11 is 0. The van der Waals surface area contributed by atoms with Gasteiger partial charge in [-0.25, -0.2) is 0 Å².